The highest BCUT2D eigenvalue weighted by atomic mass is 79.9. The first-order valence-corrected chi connectivity index (χ1v) is 8.63. The van der Waals surface area contributed by atoms with Crippen LogP contribution in [-0.4, -0.2) is 9.96 Å². The lowest BCUT2D eigenvalue weighted by molar-refractivity contribution is 0.494. The Labute approximate surface area is 121 Å². The summed E-state index contributed by atoms with van der Waals surface area (Å²) in [5.74, 6) is 1.26. The van der Waals surface area contributed by atoms with E-state index in [0.717, 1.165) is 28.0 Å². The van der Waals surface area contributed by atoms with Crippen molar-refractivity contribution in [1.29, 1.82) is 0 Å². The van der Waals surface area contributed by atoms with Crippen molar-refractivity contribution in [3.63, 3.8) is 0 Å². The van der Waals surface area contributed by atoms with E-state index in [-0.39, 0.29) is 0 Å². The largest absolute Gasteiger partial charge is 0.398 e. The Hall–Kier alpha value is -0.350. The lowest BCUT2D eigenvalue weighted by Gasteiger charge is -2.14. The van der Waals surface area contributed by atoms with E-state index in [1.165, 1.54) is 12.8 Å². The molecule has 2 nitrogen and oxygen atoms in total. The van der Waals surface area contributed by atoms with E-state index < -0.39 is 10.8 Å². The fraction of sp³-hybridized carbons (Fsp3) is 0.571. The van der Waals surface area contributed by atoms with Gasteiger partial charge in [0.2, 0.25) is 0 Å². The molecule has 0 spiro atoms. The smallest absolute Gasteiger partial charge is 0.0618 e. The molecule has 0 radical (unpaired) electrons. The van der Waals surface area contributed by atoms with E-state index >= 15 is 0 Å². The minimum absolute atomic E-state index is 0.536. The molecule has 0 bridgehead atoms. The molecule has 102 valence electrons. The van der Waals surface area contributed by atoms with E-state index in [9.17, 15) is 4.21 Å². The predicted molar refractivity (Wildman–Crippen MR) is 83.1 cm³/mol. The summed E-state index contributed by atoms with van der Waals surface area (Å²) >= 11 is 3.37. The molecule has 0 aromatic heterocycles. The number of rotatable bonds is 7. The van der Waals surface area contributed by atoms with Crippen molar-refractivity contribution in [2.24, 2.45) is 5.92 Å². The predicted octanol–water partition coefficient (Wildman–Crippen LogP) is 4.36. The second-order valence-electron chi connectivity index (χ2n) is 4.61. The van der Waals surface area contributed by atoms with Gasteiger partial charge in [0.15, 0.2) is 0 Å². The highest BCUT2D eigenvalue weighted by Gasteiger charge is 2.14. The van der Waals surface area contributed by atoms with E-state index in [2.05, 4.69) is 29.8 Å². The van der Waals surface area contributed by atoms with Crippen LogP contribution in [0.2, 0.25) is 0 Å². The quantitative estimate of drug-likeness (QED) is 0.754. The molecule has 0 aliphatic rings. The zero-order valence-electron chi connectivity index (χ0n) is 11.1. The first kappa shape index (κ1) is 15.7. The standard InChI is InChI=1S/C14H22BrNOS/c1-3-5-6-11(4-2)10-18(17)14-8-7-12(15)9-13(14)16/h7-9,11H,3-6,10,16H2,1-2H3. The molecule has 1 rings (SSSR count). The second kappa shape index (κ2) is 7.95. The van der Waals surface area contributed by atoms with Gasteiger partial charge in [0.1, 0.15) is 0 Å². The third-order valence-corrected chi connectivity index (χ3v) is 5.28. The van der Waals surface area contributed by atoms with Crippen molar-refractivity contribution < 1.29 is 4.21 Å². The summed E-state index contributed by atoms with van der Waals surface area (Å²) in [6.07, 6.45) is 4.66. The summed E-state index contributed by atoms with van der Waals surface area (Å²) in [7, 11) is -0.983. The average Bonchev–Trinajstić information content (AvgIpc) is 2.34. The number of nitrogens with two attached hydrogens (primary N) is 1. The summed E-state index contributed by atoms with van der Waals surface area (Å²) in [6.45, 7) is 4.36. The van der Waals surface area contributed by atoms with E-state index in [0.29, 0.717) is 11.6 Å². The Morgan fingerprint density at radius 3 is 2.67 bits per heavy atom. The number of hydrogen-bond acceptors (Lipinski definition) is 2. The molecule has 0 fully saturated rings. The number of nitrogen functional groups attached to an aromatic ring is 1. The minimum Gasteiger partial charge on any atom is -0.398 e. The Bertz CT molecular complexity index is 409. The summed E-state index contributed by atoms with van der Waals surface area (Å²) in [5.41, 5.74) is 6.54. The van der Waals surface area contributed by atoms with Gasteiger partial charge in [-0.25, -0.2) is 0 Å². The van der Waals surface area contributed by atoms with E-state index in [1.807, 2.05) is 18.2 Å². The van der Waals surface area contributed by atoms with Crippen LogP contribution in [0.1, 0.15) is 39.5 Å². The summed E-state index contributed by atoms with van der Waals surface area (Å²) < 4.78 is 13.3. The maximum Gasteiger partial charge on any atom is 0.0618 e. The van der Waals surface area contributed by atoms with Crippen LogP contribution in [0.3, 0.4) is 0 Å². The van der Waals surface area contributed by atoms with Crippen molar-refractivity contribution in [1.82, 2.24) is 0 Å². The van der Waals surface area contributed by atoms with Gasteiger partial charge in [-0.15, -0.1) is 0 Å². The van der Waals surface area contributed by atoms with Crippen LogP contribution < -0.4 is 5.73 Å². The molecule has 0 saturated heterocycles. The molecule has 0 amide bonds. The molecule has 0 heterocycles. The molecule has 18 heavy (non-hydrogen) atoms. The number of benzene rings is 1. The van der Waals surface area contributed by atoms with Crippen molar-refractivity contribution in [2.75, 3.05) is 11.5 Å². The van der Waals surface area contributed by atoms with E-state index in [1.54, 1.807) is 0 Å². The molecule has 0 aliphatic heterocycles. The van der Waals surface area contributed by atoms with Crippen LogP contribution in [0.5, 0.6) is 0 Å². The number of halogens is 1. The Morgan fingerprint density at radius 2 is 2.11 bits per heavy atom. The molecule has 1 aromatic carbocycles. The van der Waals surface area contributed by atoms with Crippen LogP contribution in [-0.2, 0) is 10.8 Å². The monoisotopic (exact) mass is 331 g/mol. The van der Waals surface area contributed by atoms with Gasteiger partial charge in [-0.2, -0.15) is 0 Å². The fourth-order valence-electron chi connectivity index (χ4n) is 1.93. The highest BCUT2D eigenvalue weighted by Crippen LogP contribution is 2.24. The third kappa shape index (κ3) is 4.73. The van der Waals surface area contributed by atoms with Gasteiger partial charge in [0.25, 0.3) is 0 Å². The lowest BCUT2D eigenvalue weighted by Crippen LogP contribution is -2.12. The summed E-state index contributed by atoms with van der Waals surface area (Å²) in [6, 6.07) is 5.58. The molecule has 2 N–H and O–H groups in total. The second-order valence-corrected chi connectivity index (χ2v) is 6.99. The SMILES string of the molecule is CCCCC(CC)CS(=O)c1ccc(Br)cc1N. The first-order valence-electron chi connectivity index (χ1n) is 6.51. The zero-order chi connectivity index (χ0) is 13.5. The van der Waals surface area contributed by atoms with Crippen LogP contribution in [0, 0.1) is 5.92 Å². The number of unbranched alkanes of at least 4 members (excludes halogenated alkanes) is 1. The van der Waals surface area contributed by atoms with Gasteiger partial charge >= 0.3 is 0 Å². The topological polar surface area (TPSA) is 43.1 Å². The van der Waals surface area contributed by atoms with Crippen molar-refractivity contribution >= 4 is 32.4 Å². The van der Waals surface area contributed by atoms with Crippen molar-refractivity contribution in [3.05, 3.63) is 22.7 Å². The van der Waals surface area contributed by atoms with Gasteiger partial charge in [-0.05, 0) is 30.5 Å². The van der Waals surface area contributed by atoms with Gasteiger partial charge in [-0.1, -0.05) is 49.0 Å². The third-order valence-electron chi connectivity index (χ3n) is 3.15. The summed E-state index contributed by atoms with van der Waals surface area (Å²) in [5, 5.41) is 0. The van der Waals surface area contributed by atoms with Crippen LogP contribution in [0.25, 0.3) is 0 Å². The minimum atomic E-state index is -0.983. The van der Waals surface area contributed by atoms with Gasteiger partial charge in [0, 0.05) is 15.9 Å². The molecular weight excluding hydrogens is 310 g/mol. The van der Waals surface area contributed by atoms with E-state index in [4.69, 9.17) is 5.73 Å². The lowest BCUT2D eigenvalue weighted by atomic mass is 10.0. The van der Waals surface area contributed by atoms with Gasteiger partial charge < -0.3 is 5.73 Å². The maximum absolute atomic E-state index is 12.3. The molecule has 4 heteroatoms. The van der Waals surface area contributed by atoms with Crippen LogP contribution in [0.15, 0.2) is 27.6 Å². The Kier molecular flexibility index (Phi) is 6.94. The van der Waals surface area contributed by atoms with Gasteiger partial charge in [0.05, 0.1) is 15.7 Å². The molecular formula is C14H22BrNOS. The molecule has 0 saturated carbocycles. The molecule has 2 unspecified atom stereocenters. The molecule has 0 aliphatic carbocycles. The number of hydrogen-bond donors (Lipinski definition) is 1. The average molecular weight is 332 g/mol. The molecule has 2 atom stereocenters. The van der Waals surface area contributed by atoms with Crippen LogP contribution >= 0.6 is 15.9 Å². The maximum atomic E-state index is 12.3. The van der Waals surface area contributed by atoms with Crippen molar-refractivity contribution in [2.45, 2.75) is 44.4 Å². The first-order chi connectivity index (χ1) is 8.58. The van der Waals surface area contributed by atoms with Gasteiger partial charge in [-0.3, -0.25) is 4.21 Å². The summed E-state index contributed by atoms with van der Waals surface area (Å²) in [4.78, 5) is 0.771. The molecule has 1 aromatic rings. The van der Waals surface area contributed by atoms with Crippen molar-refractivity contribution in [3.8, 4) is 0 Å². The highest BCUT2D eigenvalue weighted by molar-refractivity contribution is 9.10. The number of anilines is 1. The van der Waals surface area contributed by atoms with Crippen LogP contribution in [0.4, 0.5) is 5.69 Å². The Morgan fingerprint density at radius 1 is 1.39 bits per heavy atom. The Balaban J connectivity index is 2.68. The fourth-order valence-corrected chi connectivity index (χ4v) is 3.86. The normalized spacial score (nSPS) is 14.4. The zero-order valence-corrected chi connectivity index (χ0v) is 13.5.